The standard InChI is InChI=1S/C18H14N2/c1-12-7-8-15-14-6-3-2-5-13(14)11-16(15)17(12)18-19-9-4-10-20-18/h2-10H,11H2,1H3. The van der Waals surface area contributed by atoms with Crippen molar-refractivity contribution in [2.45, 2.75) is 13.3 Å². The molecule has 0 atom stereocenters. The fourth-order valence-corrected chi connectivity index (χ4v) is 3.07. The van der Waals surface area contributed by atoms with Crippen molar-refractivity contribution in [1.82, 2.24) is 9.97 Å². The summed E-state index contributed by atoms with van der Waals surface area (Å²) in [5.41, 5.74) is 7.86. The zero-order chi connectivity index (χ0) is 13.5. The van der Waals surface area contributed by atoms with E-state index < -0.39 is 0 Å². The second-order valence-electron chi connectivity index (χ2n) is 5.19. The number of rotatable bonds is 1. The van der Waals surface area contributed by atoms with Crippen LogP contribution in [0.1, 0.15) is 16.7 Å². The molecule has 2 heteroatoms. The molecule has 0 fully saturated rings. The second kappa shape index (κ2) is 4.27. The molecule has 0 saturated carbocycles. The summed E-state index contributed by atoms with van der Waals surface area (Å²) in [6.07, 6.45) is 4.59. The monoisotopic (exact) mass is 258 g/mol. The van der Waals surface area contributed by atoms with Gasteiger partial charge in [0.25, 0.3) is 0 Å². The van der Waals surface area contributed by atoms with E-state index in [2.05, 4.69) is 53.3 Å². The van der Waals surface area contributed by atoms with Crippen LogP contribution in [-0.2, 0) is 6.42 Å². The minimum absolute atomic E-state index is 0.828. The molecular formula is C18H14N2. The van der Waals surface area contributed by atoms with Crippen molar-refractivity contribution in [3.8, 4) is 22.5 Å². The molecular weight excluding hydrogens is 244 g/mol. The summed E-state index contributed by atoms with van der Waals surface area (Å²) in [5.74, 6) is 0.828. The number of benzene rings is 2. The third kappa shape index (κ3) is 1.58. The van der Waals surface area contributed by atoms with Crippen molar-refractivity contribution in [3.05, 3.63) is 71.5 Å². The van der Waals surface area contributed by atoms with E-state index in [4.69, 9.17) is 0 Å². The van der Waals surface area contributed by atoms with Gasteiger partial charge >= 0.3 is 0 Å². The van der Waals surface area contributed by atoms with Gasteiger partial charge in [0.2, 0.25) is 0 Å². The quantitative estimate of drug-likeness (QED) is 0.515. The summed E-state index contributed by atoms with van der Waals surface area (Å²) in [6.45, 7) is 2.13. The Balaban J connectivity index is 2.00. The van der Waals surface area contributed by atoms with E-state index in [0.717, 1.165) is 12.2 Å². The lowest BCUT2D eigenvalue weighted by molar-refractivity contribution is 1.14. The molecule has 0 aliphatic heterocycles. The highest BCUT2D eigenvalue weighted by molar-refractivity contribution is 5.84. The summed E-state index contributed by atoms with van der Waals surface area (Å²) in [6, 6.07) is 14.9. The molecule has 1 heterocycles. The van der Waals surface area contributed by atoms with Crippen LogP contribution in [0.25, 0.3) is 22.5 Å². The van der Waals surface area contributed by atoms with E-state index in [9.17, 15) is 0 Å². The van der Waals surface area contributed by atoms with Gasteiger partial charge in [0.05, 0.1) is 0 Å². The smallest absolute Gasteiger partial charge is 0.159 e. The maximum Gasteiger partial charge on any atom is 0.159 e. The molecule has 0 saturated heterocycles. The van der Waals surface area contributed by atoms with E-state index in [0.29, 0.717) is 0 Å². The van der Waals surface area contributed by atoms with Crippen LogP contribution in [0.4, 0.5) is 0 Å². The van der Waals surface area contributed by atoms with Crippen LogP contribution < -0.4 is 0 Å². The minimum Gasteiger partial charge on any atom is -0.237 e. The first-order chi connectivity index (χ1) is 9.84. The average molecular weight is 258 g/mol. The fraction of sp³-hybridized carbons (Fsp3) is 0.111. The van der Waals surface area contributed by atoms with Crippen LogP contribution in [0.2, 0.25) is 0 Å². The Kier molecular flexibility index (Phi) is 2.43. The first kappa shape index (κ1) is 11.4. The van der Waals surface area contributed by atoms with Gasteiger partial charge in [0, 0.05) is 18.0 Å². The fourth-order valence-electron chi connectivity index (χ4n) is 3.07. The Morgan fingerprint density at radius 1 is 0.850 bits per heavy atom. The lowest BCUT2D eigenvalue weighted by Gasteiger charge is -2.10. The van der Waals surface area contributed by atoms with Crippen LogP contribution in [0.5, 0.6) is 0 Å². The van der Waals surface area contributed by atoms with Crippen LogP contribution in [0.15, 0.2) is 54.9 Å². The van der Waals surface area contributed by atoms with Gasteiger partial charge in [-0.1, -0.05) is 36.4 Å². The van der Waals surface area contributed by atoms with Crippen LogP contribution in [0.3, 0.4) is 0 Å². The number of fused-ring (bicyclic) bond motifs is 3. The molecule has 0 spiro atoms. The molecule has 0 radical (unpaired) electrons. The second-order valence-corrected chi connectivity index (χ2v) is 5.19. The van der Waals surface area contributed by atoms with Gasteiger partial charge < -0.3 is 0 Å². The SMILES string of the molecule is Cc1ccc2c(c1-c1ncccn1)Cc1ccccc1-2. The highest BCUT2D eigenvalue weighted by Gasteiger charge is 2.23. The van der Waals surface area contributed by atoms with Crippen LogP contribution >= 0.6 is 0 Å². The molecule has 4 rings (SSSR count). The van der Waals surface area contributed by atoms with E-state index in [1.807, 2.05) is 18.5 Å². The van der Waals surface area contributed by atoms with E-state index in [1.54, 1.807) is 0 Å². The summed E-state index contributed by atoms with van der Waals surface area (Å²) >= 11 is 0. The van der Waals surface area contributed by atoms with E-state index in [-0.39, 0.29) is 0 Å². The molecule has 0 N–H and O–H groups in total. The summed E-state index contributed by atoms with van der Waals surface area (Å²) < 4.78 is 0. The Morgan fingerprint density at radius 3 is 2.50 bits per heavy atom. The molecule has 20 heavy (non-hydrogen) atoms. The van der Waals surface area contributed by atoms with E-state index >= 15 is 0 Å². The summed E-state index contributed by atoms with van der Waals surface area (Å²) in [5, 5.41) is 0. The number of hydrogen-bond donors (Lipinski definition) is 0. The third-order valence-corrected chi connectivity index (χ3v) is 3.99. The van der Waals surface area contributed by atoms with Crippen LogP contribution in [0, 0.1) is 6.92 Å². The molecule has 1 aliphatic rings. The third-order valence-electron chi connectivity index (χ3n) is 3.99. The number of nitrogens with zero attached hydrogens (tertiary/aromatic N) is 2. The van der Waals surface area contributed by atoms with Gasteiger partial charge in [-0.15, -0.1) is 0 Å². The molecule has 1 aromatic heterocycles. The molecule has 0 unspecified atom stereocenters. The van der Waals surface area contributed by atoms with Gasteiger partial charge in [-0.05, 0) is 47.2 Å². The Bertz CT molecular complexity index is 792. The molecule has 3 aromatic rings. The highest BCUT2D eigenvalue weighted by atomic mass is 14.9. The average Bonchev–Trinajstić information content (AvgIpc) is 2.86. The molecule has 2 aromatic carbocycles. The van der Waals surface area contributed by atoms with Crippen molar-refractivity contribution in [2.24, 2.45) is 0 Å². The highest BCUT2D eigenvalue weighted by Crippen LogP contribution is 2.41. The first-order valence-corrected chi connectivity index (χ1v) is 6.83. The number of aromatic nitrogens is 2. The first-order valence-electron chi connectivity index (χ1n) is 6.83. The Morgan fingerprint density at radius 2 is 1.65 bits per heavy atom. The predicted octanol–water partition coefficient (Wildman–Crippen LogP) is 4.02. The van der Waals surface area contributed by atoms with Gasteiger partial charge in [-0.25, -0.2) is 9.97 Å². The number of aryl methyl sites for hydroxylation is 1. The van der Waals surface area contributed by atoms with Crippen molar-refractivity contribution >= 4 is 0 Å². The molecule has 96 valence electrons. The maximum atomic E-state index is 4.44. The molecule has 2 nitrogen and oxygen atoms in total. The van der Waals surface area contributed by atoms with Gasteiger partial charge in [-0.3, -0.25) is 0 Å². The van der Waals surface area contributed by atoms with Crippen molar-refractivity contribution in [1.29, 1.82) is 0 Å². The normalized spacial score (nSPS) is 12.1. The van der Waals surface area contributed by atoms with Crippen molar-refractivity contribution < 1.29 is 0 Å². The van der Waals surface area contributed by atoms with E-state index in [1.165, 1.54) is 33.4 Å². The molecule has 1 aliphatic carbocycles. The molecule has 0 amide bonds. The Hall–Kier alpha value is -2.48. The van der Waals surface area contributed by atoms with Gasteiger partial charge in [-0.2, -0.15) is 0 Å². The Labute approximate surface area is 118 Å². The summed E-state index contributed by atoms with van der Waals surface area (Å²) in [7, 11) is 0. The lowest BCUT2D eigenvalue weighted by atomic mass is 9.96. The summed E-state index contributed by atoms with van der Waals surface area (Å²) in [4.78, 5) is 8.88. The topological polar surface area (TPSA) is 25.8 Å². The maximum absolute atomic E-state index is 4.44. The van der Waals surface area contributed by atoms with Gasteiger partial charge in [0.1, 0.15) is 0 Å². The molecule has 0 bridgehead atoms. The zero-order valence-corrected chi connectivity index (χ0v) is 11.3. The minimum atomic E-state index is 0.828. The zero-order valence-electron chi connectivity index (χ0n) is 11.3. The largest absolute Gasteiger partial charge is 0.237 e. The van der Waals surface area contributed by atoms with Crippen LogP contribution in [-0.4, -0.2) is 9.97 Å². The van der Waals surface area contributed by atoms with Crippen molar-refractivity contribution in [2.75, 3.05) is 0 Å². The van der Waals surface area contributed by atoms with Crippen molar-refractivity contribution in [3.63, 3.8) is 0 Å². The predicted molar refractivity (Wildman–Crippen MR) is 80.4 cm³/mol. The number of hydrogen-bond acceptors (Lipinski definition) is 2. The van der Waals surface area contributed by atoms with Gasteiger partial charge in [0.15, 0.2) is 5.82 Å². The lowest BCUT2D eigenvalue weighted by Crippen LogP contribution is -1.96.